The molecule has 208 valence electrons. The summed E-state index contributed by atoms with van der Waals surface area (Å²) in [4.78, 5) is 28.9. The summed E-state index contributed by atoms with van der Waals surface area (Å²) in [6.07, 6.45) is 1.11. The lowest BCUT2D eigenvalue weighted by Crippen LogP contribution is -2.53. The van der Waals surface area contributed by atoms with Gasteiger partial charge in [0.25, 0.3) is 10.0 Å². The number of carbonyl (C=O) groups excluding carboxylic acids is 2. The molecule has 1 N–H and O–H groups in total. The minimum Gasteiger partial charge on any atom is -0.352 e. The van der Waals surface area contributed by atoms with E-state index in [0.29, 0.717) is 22.7 Å². The van der Waals surface area contributed by atoms with Gasteiger partial charge in [-0.2, -0.15) is 0 Å². The third-order valence-electron chi connectivity index (χ3n) is 6.70. The molecule has 2 atom stereocenters. The number of anilines is 1. The first-order chi connectivity index (χ1) is 18.6. The Kier molecular flexibility index (Phi) is 10.5. The fourth-order valence-electron chi connectivity index (χ4n) is 4.24. The van der Waals surface area contributed by atoms with Crippen molar-refractivity contribution in [3.8, 4) is 0 Å². The van der Waals surface area contributed by atoms with E-state index in [-0.39, 0.29) is 23.4 Å². The zero-order valence-electron chi connectivity index (χ0n) is 22.8. The minimum absolute atomic E-state index is 0.0494. The number of amides is 2. The first kappa shape index (κ1) is 30.2. The number of hydrogen-bond acceptors (Lipinski definition) is 4. The van der Waals surface area contributed by atoms with Crippen molar-refractivity contribution >= 4 is 39.1 Å². The lowest BCUT2D eigenvalue weighted by Gasteiger charge is -2.34. The molecule has 7 nitrogen and oxygen atoms in total. The molecular weight excluding hydrogens is 534 g/mol. The molecule has 0 aliphatic rings. The molecule has 0 unspecified atom stereocenters. The molecule has 9 heteroatoms. The molecule has 3 rings (SSSR count). The first-order valence-electron chi connectivity index (χ1n) is 13.1. The van der Waals surface area contributed by atoms with Crippen molar-refractivity contribution in [3.05, 3.63) is 95.0 Å². The Morgan fingerprint density at radius 3 is 2.10 bits per heavy atom. The average Bonchev–Trinajstić information content (AvgIpc) is 2.94. The maximum Gasteiger partial charge on any atom is 0.264 e. The van der Waals surface area contributed by atoms with Crippen molar-refractivity contribution in [3.63, 3.8) is 0 Å². The predicted molar refractivity (Wildman–Crippen MR) is 156 cm³/mol. The van der Waals surface area contributed by atoms with E-state index in [1.807, 2.05) is 51.1 Å². The number of halogens is 1. The van der Waals surface area contributed by atoms with Gasteiger partial charge >= 0.3 is 0 Å². The molecule has 0 radical (unpaired) electrons. The van der Waals surface area contributed by atoms with Gasteiger partial charge in [0.2, 0.25) is 11.8 Å². The third-order valence-corrected chi connectivity index (χ3v) is 8.88. The summed E-state index contributed by atoms with van der Waals surface area (Å²) in [7, 11) is -4.14. The van der Waals surface area contributed by atoms with Gasteiger partial charge in [-0.05, 0) is 62.1 Å². The van der Waals surface area contributed by atoms with E-state index < -0.39 is 28.5 Å². The van der Waals surface area contributed by atoms with Gasteiger partial charge in [-0.15, -0.1) is 0 Å². The van der Waals surface area contributed by atoms with Crippen LogP contribution in [-0.2, 0) is 26.2 Å². The van der Waals surface area contributed by atoms with Crippen molar-refractivity contribution in [2.24, 2.45) is 0 Å². The number of carbonyl (C=O) groups is 2. The van der Waals surface area contributed by atoms with Gasteiger partial charge < -0.3 is 10.2 Å². The smallest absolute Gasteiger partial charge is 0.264 e. The molecule has 39 heavy (non-hydrogen) atoms. The van der Waals surface area contributed by atoms with E-state index in [1.54, 1.807) is 43.3 Å². The summed E-state index contributed by atoms with van der Waals surface area (Å²) in [6.45, 7) is 7.08. The summed E-state index contributed by atoms with van der Waals surface area (Å²) in [5.41, 5.74) is 1.66. The molecule has 0 fully saturated rings. The van der Waals surface area contributed by atoms with Crippen LogP contribution in [0, 0.1) is 6.92 Å². The van der Waals surface area contributed by atoms with Gasteiger partial charge in [-0.25, -0.2) is 8.42 Å². The molecule has 3 aromatic carbocycles. The summed E-state index contributed by atoms with van der Waals surface area (Å²) in [5.74, 6) is -0.767. The first-order valence-corrected chi connectivity index (χ1v) is 14.9. The Morgan fingerprint density at radius 2 is 1.51 bits per heavy atom. The molecule has 0 aliphatic heterocycles. The monoisotopic (exact) mass is 569 g/mol. The van der Waals surface area contributed by atoms with Crippen LogP contribution in [0.5, 0.6) is 0 Å². The van der Waals surface area contributed by atoms with Crippen LogP contribution in [0.3, 0.4) is 0 Å². The van der Waals surface area contributed by atoms with E-state index in [1.165, 1.54) is 17.0 Å². The molecule has 0 heterocycles. The van der Waals surface area contributed by atoms with E-state index in [0.717, 1.165) is 16.3 Å². The van der Waals surface area contributed by atoms with Gasteiger partial charge in [-0.1, -0.05) is 80.0 Å². The molecule has 0 aliphatic carbocycles. The molecule has 2 amide bonds. The predicted octanol–water partition coefficient (Wildman–Crippen LogP) is 5.57. The highest BCUT2D eigenvalue weighted by molar-refractivity contribution is 7.92. The van der Waals surface area contributed by atoms with E-state index >= 15 is 0 Å². The quantitative estimate of drug-likeness (QED) is 0.309. The van der Waals surface area contributed by atoms with E-state index in [4.69, 9.17) is 11.6 Å². The van der Waals surface area contributed by atoms with Crippen LogP contribution in [0.15, 0.2) is 83.8 Å². The van der Waals surface area contributed by atoms with Crippen molar-refractivity contribution in [1.82, 2.24) is 10.2 Å². The lowest BCUT2D eigenvalue weighted by molar-refractivity contribution is -0.140. The van der Waals surface area contributed by atoms with Gasteiger partial charge in [-0.3, -0.25) is 13.9 Å². The second-order valence-corrected chi connectivity index (χ2v) is 11.7. The maximum absolute atomic E-state index is 14.1. The van der Waals surface area contributed by atoms with E-state index in [9.17, 15) is 18.0 Å². The minimum atomic E-state index is -4.14. The summed E-state index contributed by atoms with van der Waals surface area (Å²) in [5, 5.41) is 3.36. The van der Waals surface area contributed by atoms with Crippen LogP contribution in [0.2, 0.25) is 5.02 Å². The highest BCUT2D eigenvalue weighted by Gasteiger charge is 2.34. The zero-order valence-corrected chi connectivity index (χ0v) is 24.4. The summed E-state index contributed by atoms with van der Waals surface area (Å²) in [6, 6.07) is 21.4. The summed E-state index contributed by atoms with van der Waals surface area (Å²) < 4.78 is 28.9. The molecule has 0 bridgehead atoms. The van der Waals surface area contributed by atoms with Crippen molar-refractivity contribution in [1.29, 1.82) is 0 Å². The van der Waals surface area contributed by atoms with Gasteiger partial charge in [0.1, 0.15) is 12.6 Å². The Morgan fingerprint density at radius 1 is 0.897 bits per heavy atom. The Hall–Kier alpha value is -3.36. The number of nitrogens with one attached hydrogen (secondary N) is 1. The van der Waals surface area contributed by atoms with Crippen molar-refractivity contribution in [2.45, 2.75) is 64.1 Å². The van der Waals surface area contributed by atoms with Crippen LogP contribution in [-0.4, -0.2) is 43.8 Å². The fourth-order valence-corrected chi connectivity index (χ4v) is 5.90. The Balaban J connectivity index is 2.08. The Labute approximate surface area is 236 Å². The normalized spacial score (nSPS) is 12.8. The summed E-state index contributed by atoms with van der Waals surface area (Å²) >= 11 is 6.37. The topological polar surface area (TPSA) is 86.8 Å². The largest absolute Gasteiger partial charge is 0.352 e. The van der Waals surface area contributed by atoms with Gasteiger partial charge in [0.15, 0.2) is 0 Å². The van der Waals surface area contributed by atoms with Crippen LogP contribution in [0.25, 0.3) is 0 Å². The number of hydrogen-bond donors (Lipinski definition) is 1. The van der Waals surface area contributed by atoms with Gasteiger partial charge in [0, 0.05) is 17.6 Å². The maximum atomic E-state index is 14.1. The van der Waals surface area contributed by atoms with Crippen LogP contribution in [0.4, 0.5) is 5.69 Å². The van der Waals surface area contributed by atoms with Crippen molar-refractivity contribution < 1.29 is 18.0 Å². The highest BCUT2D eigenvalue weighted by atomic mass is 35.5. The number of rotatable bonds is 12. The number of sulfonamides is 1. The zero-order chi connectivity index (χ0) is 28.6. The SMILES string of the molecule is CC[C@@H](C)NC(=O)[C@H](CC)N(Cc1ccccc1)C(=O)CN(c1cccc(Cl)c1C)S(=O)(=O)c1ccccc1. The third kappa shape index (κ3) is 7.40. The second kappa shape index (κ2) is 13.6. The molecule has 0 saturated carbocycles. The second-order valence-electron chi connectivity index (χ2n) is 9.46. The number of nitrogens with zero attached hydrogens (tertiary/aromatic N) is 2. The standard InChI is InChI=1S/C30H36ClN3O4S/c1-5-22(3)32-30(36)27(6-2)33(20-24-14-9-7-10-15-24)29(35)21-34(28-19-13-18-26(31)23(28)4)39(37,38)25-16-11-8-12-17-25/h7-19,22,27H,5-6,20-21H2,1-4H3,(H,32,36)/t22-,27+/m1/s1. The molecule has 0 saturated heterocycles. The van der Waals surface area contributed by atoms with E-state index in [2.05, 4.69) is 5.32 Å². The molecule has 0 spiro atoms. The lowest BCUT2D eigenvalue weighted by atomic mass is 10.1. The van der Waals surface area contributed by atoms with Crippen LogP contribution < -0.4 is 9.62 Å². The molecule has 0 aromatic heterocycles. The molecular formula is C30H36ClN3O4S. The highest BCUT2D eigenvalue weighted by Crippen LogP contribution is 2.31. The number of benzene rings is 3. The van der Waals surface area contributed by atoms with Gasteiger partial charge in [0.05, 0.1) is 10.6 Å². The Bertz CT molecular complexity index is 1370. The fraction of sp³-hybridized carbons (Fsp3) is 0.333. The van der Waals surface area contributed by atoms with Crippen LogP contribution >= 0.6 is 11.6 Å². The van der Waals surface area contributed by atoms with Crippen LogP contribution in [0.1, 0.15) is 44.7 Å². The average molecular weight is 570 g/mol. The van der Waals surface area contributed by atoms with Crippen molar-refractivity contribution in [2.75, 3.05) is 10.8 Å². The molecule has 3 aromatic rings.